The molecular formula is C20H20ClN5O2. The van der Waals surface area contributed by atoms with Crippen molar-refractivity contribution >= 4 is 39.9 Å². The SMILES string of the molecule is CN1CCN(c2cc(NC(=O)c3cc(=O)[nH]c4ccc(Cl)cc34)ccn2)CC1. The third-order valence-electron chi connectivity index (χ3n) is 4.88. The van der Waals surface area contributed by atoms with Gasteiger partial charge in [-0.3, -0.25) is 9.59 Å². The summed E-state index contributed by atoms with van der Waals surface area (Å²) in [5.74, 6) is 0.457. The molecule has 28 heavy (non-hydrogen) atoms. The van der Waals surface area contributed by atoms with Crippen LogP contribution in [0.3, 0.4) is 0 Å². The molecule has 0 bridgehead atoms. The molecule has 1 amide bonds. The number of hydrogen-bond acceptors (Lipinski definition) is 5. The fraction of sp³-hybridized carbons (Fsp3) is 0.250. The Balaban J connectivity index is 1.61. The number of benzene rings is 1. The summed E-state index contributed by atoms with van der Waals surface area (Å²) in [6, 6.07) is 9.91. The maximum atomic E-state index is 12.9. The van der Waals surface area contributed by atoms with Gasteiger partial charge in [0.2, 0.25) is 5.56 Å². The molecule has 1 saturated heterocycles. The number of carbonyl (C=O) groups is 1. The normalized spacial score (nSPS) is 15.0. The van der Waals surface area contributed by atoms with Crippen molar-refractivity contribution in [1.29, 1.82) is 0 Å². The van der Waals surface area contributed by atoms with Gasteiger partial charge >= 0.3 is 0 Å². The van der Waals surface area contributed by atoms with E-state index in [2.05, 4.69) is 32.1 Å². The molecule has 144 valence electrons. The fourth-order valence-corrected chi connectivity index (χ4v) is 3.49. The number of aromatic amines is 1. The van der Waals surface area contributed by atoms with E-state index in [9.17, 15) is 9.59 Å². The second-order valence-corrected chi connectivity index (χ2v) is 7.32. The molecule has 2 N–H and O–H groups in total. The molecule has 0 radical (unpaired) electrons. The number of amides is 1. The predicted octanol–water partition coefficient (Wildman–Crippen LogP) is 2.58. The van der Waals surface area contributed by atoms with Crippen molar-refractivity contribution in [3.63, 3.8) is 0 Å². The lowest BCUT2D eigenvalue weighted by Crippen LogP contribution is -2.44. The number of likely N-dealkylation sites (N-methyl/N-ethyl adjacent to an activating group) is 1. The molecule has 2 aromatic heterocycles. The van der Waals surface area contributed by atoms with Crippen LogP contribution >= 0.6 is 11.6 Å². The van der Waals surface area contributed by atoms with Gasteiger partial charge in [0.05, 0.1) is 5.56 Å². The van der Waals surface area contributed by atoms with Crippen LogP contribution in [0.5, 0.6) is 0 Å². The van der Waals surface area contributed by atoms with E-state index in [0.717, 1.165) is 32.0 Å². The summed E-state index contributed by atoms with van der Waals surface area (Å²) in [5.41, 5.74) is 1.13. The Morgan fingerprint density at radius 3 is 2.71 bits per heavy atom. The van der Waals surface area contributed by atoms with Crippen molar-refractivity contribution in [2.24, 2.45) is 0 Å². The van der Waals surface area contributed by atoms with Gasteiger partial charge in [0.25, 0.3) is 5.91 Å². The van der Waals surface area contributed by atoms with Gasteiger partial charge in [0, 0.05) is 66.1 Å². The molecule has 1 aromatic carbocycles. The Morgan fingerprint density at radius 1 is 1.14 bits per heavy atom. The third-order valence-corrected chi connectivity index (χ3v) is 5.12. The molecule has 8 heteroatoms. The highest BCUT2D eigenvalue weighted by Crippen LogP contribution is 2.22. The minimum absolute atomic E-state index is 0.277. The van der Waals surface area contributed by atoms with Gasteiger partial charge < -0.3 is 20.1 Å². The largest absolute Gasteiger partial charge is 0.354 e. The van der Waals surface area contributed by atoms with Crippen LogP contribution in [0.15, 0.2) is 47.4 Å². The van der Waals surface area contributed by atoms with E-state index in [4.69, 9.17) is 11.6 Å². The van der Waals surface area contributed by atoms with E-state index in [1.54, 1.807) is 30.5 Å². The Bertz CT molecular complexity index is 1090. The van der Waals surface area contributed by atoms with Crippen molar-refractivity contribution < 1.29 is 4.79 Å². The number of halogens is 1. The van der Waals surface area contributed by atoms with Gasteiger partial charge in [0.1, 0.15) is 5.82 Å². The van der Waals surface area contributed by atoms with E-state index in [1.165, 1.54) is 6.07 Å². The summed E-state index contributed by atoms with van der Waals surface area (Å²) in [4.78, 5) is 36.4. The Morgan fingerprint density at radius 2 is 1.93 bits per heavy atom. The molecule has 7 nitrogen and oxygen atoms in total. The van der Waals surface area contributed by atoms with Gasteiger partial charge in [0.15, 0.2) is 0 Å². The summed E-state index contributed by atoms with van der Waals surface area (Å²) in [5, 5.41) is 3.96. The van der Waals surface area contributed by atoms with Gasteiger partial charge in [-0.1, -0.05) is 11.6 Å². The summed E-state index contributed by atoms with van der Waals surface area (Å²) < 4.78 is 0. The van der Waals surface area contributed by atoms with Crippen LogP contribution in [0.25, 0.3) is 10.9 Å². The van der Waals surface area contributed by atoms with Crippen LogP contribution in [0.4, 0.5) is 11.5 Å². The van der Waals surface area contributed by atoms with Crippen LogP contribution in [-0.4, -0.2) is 54.0 Å². The lowest BCUT2D eigenvalue weighted by atomic mass is 10.1. The number of hydrogen-bond donors (Lipinski definition) is 2. The molecule has 1 aliphatic heterocycles. The molecule has 4 rings (SSSR count). The zero-order valence-electron chi connectivity index (χ0n) is 15.4. The standard InChI is InChI=1S/C20H20ClN5O2/c1-25-6-8-26(9-7-25)18-11-14(4-5-22-18)23-20(28)16-12-19(27)24-17-3-2-13(21)10-15(16)17/h2-5,10-12H,6-9H2,1H3,(H,24,27)(H,22,23,28). The monoisotopic (exact) mass is 397 g/mol. The maximum absolute atomic E-state index is 12.9. The Kier molecular flexibility index (Phi) is 5.02. The van der Waals surface area contributed by atoms with Crippen molar-refractivity contribution in [3.8, 4) is 0 Å². The van der Waals surface area contributed by atoms with Crippen LogP contribution in [0.1, 0.15) is 10.4 Å². The number of carbonyl (C=O) groups excluding carboxylic acids is 1. The lowest BCUT2D eigenvalue weighted by molar-refractivity contribution is 0.102. The molecule has 1 aliphatic rings. The first-order valence-corrected chi connectivity index (χ1v) is 9.41. The van der Waals surface area contributed by atoms with Gasteiger partial charge in [-0.05, 0) is 31.3 Å². The number of nitrogens with zero attached hydrogens (tertiary/aromatic N) is 3. The highest BCUT2D eigenvalue weighted by molar-refractivity contribution is 6.31. The molecule has 1 fully saturated rings. The molecule has 0 atom stereocenters. The first kappa shape index (κ1) is 18.5. The molecule has 0 saturated carbocycles. The summed E-state index contributed by atoms with van der Waals surface area (Å²) in [7, 11) is 2.10. The molecule has 0 unspecified atom stereocenters. The van der Waals surface area contributed by atoms with E-state index in [0.29, 0.717) is 21.6 Å². The molecule has 0 spiro atoms. The second kappa shape index (κ2) is 7.61. The Labute approximate surface area is 166 Å². The van der Waals surface area contributed by atoms with Crippen LogP contribution in [0.2, 0.25) is 5.02 Å². The van der Waals surface area contributed by atoms with Crippen LogP contribution in [0, 0.1) is 0 Å². The minimum atomic E-state index is -0.367. The first-order valence-electron chi connectivity index (χ1n) is 9.03. The number of pyridine rings is 2. The summed E-state index contributed by atoms with van der Waals surface area (Å²) >= 11 is 6.07. The predicted molar refractivity (Wildman–Crippen MR) is 111 cm³/mol. The van der Waals surface area contributed by atoms with Gasteiger partial charge in [-0.25, -0.2) is 4.98 Å². The quantitative estimate of drug-likeness (QED) is 0.710. The van der Waals surface area contributed by atoms with E-state index in [1.807, 2.05) is 6.07 Å². The molecule has 3 heterocycles. The Hall–Kier alpha value is -2.90. The number of piperazine rings is 1. The van der Waals surface area contributed by atoms with Gasteiger partial charge in [-0.15, -0.1) is 0 Å². The zero-order chi connectivity index (χ0) is 19.7. The van der Waals surface area contributed by atoms with Crippen LogP contribution < -0.4 is 15.8 Å². The maximum Gasteiger partial charge on any atom is 0.256 e. The highest BCUT2D eigenvalue weighted by atomic mass is 35.5. The molecule has 0 aliphatic carbocycles. The number of H-pyrrole nitrogens is 1. The van der Waals surface area contributed by atoms with Crippen molar-refractivity contribution in [3.05, 3.63) is 63.5 Å². The number of anilines is 2. The van der Waals surface area contributed by atoms with Gasteiger partial charge in [-0.2, -0.15) is 0 Å². The second-order valence-electron chi connectivity index (χ2n) is 6.88. The van der Waals surface area contributed by atoms with Crippen molar-refractivity contribution in [2.45, 2.75) is 0 Å². The fourth-order valence-electron chi connectivity index (χ4n) is 3.32. The zero-order valence-corrected chi connectivity index (χ0v) is 16.2. The molecular weight excluding hydrogens is 378 g/mol. The number of fused-ring (bicyclic) bond motifs is 1. The van der Waals surface area contributed by atoms with E-state index in [-0.39, 0.29) is 17.0 Å². The molecule has 3 aromatic rings. The highest BCUT2D eigenvalue weighted by Gasteiger charge is 2.17. The van der Waals surface area contributed by atoms with Crippen LogP contribution in [-0.2, 0) is 0 Å². The topological polar surface area (TPSA) is 81.3 Å². The van der Waals surface area contributed by atoms with Crippen molar-refractivity contribution in [2.75, 3.05) is 43.4 Å². The summed E-state index contributed by atoms with van der Waals surface area (Å²) in [6.45, 7) is 3.71. The average Bonchev–Trinajstić information content (AvgIpc) is 2.68. The number of rotatable bonds is 3. The lowest BCUT2D eigenvalue weighted by Gasteiger charge is -2.33. The first-order chi connectivity index (χ1) is 13.5. The smallest absolute Gasteiger partial charge is 0.256 e. The summed E-state index contributed by atoms with van der Waals surface area (Å²) in [6.07, 6.45) is 1.68. The number of nitrogens with one attached hydrogen (secondary N) is 2. The number of aromatic nitrogens is 2. The third kappa shape index (κ3) is 3.85. The minimum Gasteiger partial charge on any atom is -0.354 e. The van der Waals surface area contributed by atoms with E-state index < -0.39 is 0 Å². The average molecular weight is 398 g/mol. The van der Waals surface area contributed by atoms with Crippen molar-refractivity contribution in [1.82, 2.24) is 14.9 Å². The van der Waals surface area contributed by atoms with E-state index >= 15 is 0 Å².